The molecule has 216 valence electrons. The van der Waals surface area contributed by atoms with E-state index in [-0.39, 0.29) is 0 Å². The molecule has 2 heteroatoms. The minimum absolute atomic E-state index is 0.868. The van der Waals surface area contributed by atoms with Crippen molar-refractivity contribution < 1.29 is 4.42 Å². The van der Waals surface area contributed by atoms with Gasteiger partial charge in [-0.1, -0.05) is 133 Å². The molecule has 0 radical (unpaired) electrons. The molecule has 1 aromatic heterocycles. The molecular formula is C44H29NO. The Balaban J connectivity index is 1.33. The van der Waals surface area contributed by atoms with E-state index in [0.29, 0.717) is 0 Å². The van der Waals surface area contributed by atoms with Crippen molar-refractivity contribution in [2.75, 3.05) is 4.90 Å². The molecule has 1 heterocycles. The highest BCUT2D eigenvalue weighted by molar-refractivity contribution is 6.20. The van der Waals surface area contributed by atoms with Crippen LogP contribution in [0.5, 0.6) is 0 Å². The van der Waals surface area contributed by atoms with E-state index < -0.39 is 0 Å². The Morgan fingerprint density at radius 2 is 0.978 bits per heavy atom. The van der Waals surface area contributed by atoms with Gasteiger partial charge in [0.2, 0.25) is 0 Å². The molecule has 0 aliphatic heterocycles. The zero-order chi connectivity index (χ0) is 30.5. The number of benzene rings is 8. The van der Waals surface area contributed by atoms with Crippen molar-refractivity contribution in [3.63, 3.8) is 0 Å². The Bertz CT molecular complexity index is 2510. The zero-order valence-electron chi connectivity index (χ0n) is 25.1. The van der Waals surface area contributed by atoms with E-state index in [4.69, 9.17) is 4.42 Å². The largest absolute Gasteiger partial charge is 0.456 e. The molecule has 0 fully saturated rings. The molecule has 0 aliphatic carbocycles. The molecule has 0 unspecified atom stereocenters. The summed E-state index contributed by atoms with van der Waals surface area (Å²) in [6.07, 6.45) is 0. The number of fused-ring (bicyclic) bond motifs is 6. The highest BCUT2D eigenvalue weighted by Gasteiger charge is 2.22. The van der Waals surface area contributed by atoms with Crippen molar-refractivity contribution in [1.82, 2.24) is 0 Å². The van der Waals surface area contributed by atoms with Crippen LogP contribution in [0.15, 0.2) is 180 Å². The quantitative estimate of drug-likeness (QED) is 0.199. The zero-order valence-corrected chi connectivity index (χ0v) is 25.1. The third-order valence-corrected chi connectivity index (χ3v) is 9.03. The second-order valence-corrected chi connectivity index (χ2v) is 11.8. The molecular weight excluding hydrogens is 558 g/mol. The van der Waals surface area contributed by atoms with E-state index in [1.165, 1.54) is 32.7 Å². The summed E-state index contributed by atoms with van der Waals surface area (Å²) in [5.41, 5.74) is 9.67. The van der Waals surface area contributed by atoms with Crippen LogP contribution in [0.25, 0.3) is 65.7 Å². The van der Waals surface area contributed by atoms with Crippen LogP contribution >= 0.6 is 0 Å². The molecule has 2 nitrogen and oxygen atoms in total. The minimum Gasteiger partial charge on any atom is -0.456 e. The van der Waals surface area contributed by atoms with Crippen LogP contribution in [0, 0.1) is 0 Å². The van der Waals surface area contributed by atoms with Gasteiger partial charge in [0.1, 0.15) is 11.2 Å². The van der Waals surface area contributed by atoms with E-state index in [1.807, 2.05) is 0 Å². The number of rotatable bonds is 5. The summed E-state index contributed by atoms with van der Waals surface area (Å²) < 4.78 is 6.63. The molecule has 0 saturated heterocycles. The number of hydrogen-bond acceptors (Lipinski definition) is 2. The van der Waals surface area contributed by atoms with Gasteiger partial charge in [-0.15, -0.1) is 0 Å². The third kappa shape index (κ3) is 4.43. The standard InChI is InChI=1S/C44H29NO/c1-3-11-30(12-4-1)32-19-23-36(24-20-32)45(37-25-21-31-13-7-8-17-35(31)27-37)41-29-43-40(28-39(41)33-14-5-2-6-15-33)44-38-18-10-9-16-34(38)22-26-42(44)46-43/h1-29H. The fraction of sp³-hybridized carbons (Fsp3) is 0. The summed E-state index contributed by atoms with van der Waals surface area (Å²) in [6.45, 7) is 0. The number of anilines is 3. The Morgan fingerprint density at radius 1 is 0.370 bits per heavy atom. The average Bonchev–Trinajstić information content (AvgIpc) is 3.50. The SMILES string of the molecule is c1ccc(-c2ccc(N(c3ccc4ccccc4c3)c3cc4oc5ccc6ccccc6c5c4cc3-c3ccccc3)cc2)cc1. The molecule has 46 heavy (non-hydrogen) atoms. The van der Waals surface area contributed by atoms with Crippen molar-refractivity contribution in [2.45, 2.75) is 0 Å². The van der Waals surface area contributed by atoms with Crippen LogP contribution in [0.3, 0.4) is 0 Å². The van der Waals surface area contributed by atoms with Crippen LogP contribution in [0.2, 0.25) is 0 Å². The molecule has 0 saturated carbocycles. The molecule has 0 spiro atoms. The third-order valence-electron chi connectivity index (χ3n) is 9.03. The topological polar surface area (TPSA) is 16.4 Å². The highest BCUT2D eigenvalue weighted by atomic mass is 16.3. The fourth-order valence-electron chi connectivity index (χ4n) is 6.79. The molecule has 0 N–H and O–H groups in total. The molecule has 9 rings (SSSR count). The lowest BCUT2D eigenvalue weighted by molar-refractivity contribution is 0.669. The van der Waals surface area contributed by atoms with E-state index in [1.54, 1.807) is 0 Å². The lowest BCUT2D eigenvalue weighted by Gasteiger charge is -2.28. The van der Waals surface area contributed by atoms with Crippen molar-refractivity contribution in [1.29, 1.82) is 0 Å². The van der Waals surface area contributed by atoms with Gasteiger partial charge in [-0.2, -0.15) is 0 Å². The van der Waals surface area contributed by atoms with Crippen LogP contribution in [0.1, 0.15) is 0 Å². The lowest BCUT2D eigenvalue weighted by atomic mass is 9.97. The summed E-state index contributed by atoms with van der Waals surface area (Å²) in [5, 5.41) is 7.10. The van der Waals surface area contributed by atoms with Crippen molar-refractivity contribution in [2.24, 2.45) is 0 Å². The van der Waals surface area contributed by atoms with Crippen molar-refractivity contribution in [3.05, 3.63) is 176 Å². The van der Waals surface area contributed by atoms with Gasteiger partial charge in [0.25, 0.3) is 0 Å². The number of hydrogen-bond donors (Lipinski definition) is 0. The Labute approximate surface area is 267 Å². The van der Waals surface area contributed by atoms with E-state index in [9.17, 15) is 0 Å². The highest BCUT2D eigenvalue weighted by Crippen LogP contribution is 2.46. The van der Waals surface area contributed by atoms with Crippen LogP contribution < -0.4 is 4.90 Å². The Hall–Kier alpha value is -6.12. The van der Waals surface area contributed by atoms with Crippen LogP contribution in [-0.4, -0.2) is 0 Å². The van der Waals surface area contributed by atoms with Gasteiger partial charge in [0, 0.05) is 33.8 Å². The first-order valence-electron chi connectivity index (χ1n) is 15.7. The predicted octanol–water partition coefficient (Wildman–Crippen LogP) is 12.7. The van der Waals surface area contributed by atoms with E-state index >= 15 is 0 Å². The maximum absolute atomic E-state index is 6.63. The first-order valence-corrected chi connectivity index (χ1v) is 15.7. The first-order chi connectivity index (χ1) is 22.8. The normalized spacial score (nSPS) is 11.5. The molecule has 9 aromatic rings. The van der Waals surface area contributed by atoms with E-state index in [2.05, 4.69) is 181 Å². The van der Waals surface area contributed by atoms with Crippen molar-refractivity contribution >= 4 is 60.5 Å². The summed E-state index contributed by atoms with van der Waals surface area (Å²) in [4.78, 5) is 2.37. The van der Waals surface area contributed by atoms with E-state index in [0.717, 1.165) is 50.1 Å². The maximum atomic E-state index is 6.63. The molecule has 0 bridgehead atoms. The van der Waals surface area contributed by atoms with Gasteiger partial charge < -0.3 is 9.32 Å². The van der Waals surface area contributed by atoms with Crippen molar-refractivity contribution in [3.8, 4) is 22.3 Å². The maximum Gasteiger partial charge on any atom is 0.137 e. The minimum atomic E-state index is 0.868. The second-order valence-electron chi connectivity index (χ2n) is 11.8. The van der Waals surface area contributed by atoms with Gasteiger partial charge in [0.05, 0.1) is 5.69 Å². The lowest BCUT2D eigenvalue weighted by Crippen LogP contribution is -2.11. The molecule has 0 amide bonds. The summed E-state index contributed by atoms with van der Waals surface area (Å²) >= 11 is 0. The fourth-order valence-corrected chi connectivity index (χ4v) is 6.79. The molecule has 0 aliphatic rings. The van der Waals surface area contributed by atoms with Gasteiger partial charge in [-0.05, 0) is 74.6 Å². The monoisotopic (exact) mass is 587 g/mol. The van der Waals surface area contributed by atoms with Gasteiger partial charge in [-0.3, -0.25) is 0 Å². The predicted molar refractivity (Wildman–Crippen MR) is 194 cm³/mol. The second kappa shape index (κ2) is 10.8. The Morgan fingerprint density at radius 3 is 1.76 bits per heavy atom. The summed E-state index contributed by atoms with van der Waals surface area (Å²) in [5.74, 6) is 0. The smallest absolute Gasteiger partial charge is 0.137 e. The van der Waals surface area contributed by atoms with Gasteiger partial charge in [-0.25, -0.2) is 0 Å². The van der Waals surface area contributed by atoms with Crippen LogP contribution in [-0.2, 0) is 0 Å². The first kappa shape index (κ1) is 26.3. The average molecular weight is 588 g/mol. The molecule has 0 atom stereocenters. The number of furan rings is 1. The summed E-state index contributed by atoms with van der Waals surface area (Å²) in [6, 6.07) is 62.7. The Kier molecular flexibility index (Phi) is 6.17. The van der Waals surface area contributed by atoms with Crippen LogP contribution in [0.4, 0.5) is 17.1 Å². The molecule has 8 aromatic carbocycles. The summed E-state index contributed by atoms with van der Waals surface area (Å²) in [7, 11) is 0. The van der Waals surface area contributed by atoms with Gasteiger partial charge in [0.15, 0.2) is 0 Å². The van der Waals surface area contributed by atoms with Gasteiger partial charge >= 0.3 is 0 Å². The number of nitrogens with zero attached hydrogens (tertiary/aromatic N) is 1.